The van der Waals surface area contributed by atoms with Gasteiger partial charge in [-0.2, -0.15) is 0 Å². The van der Waals surface area contributed by atoms with Crippen LogP contribution in [0.25, 0.3) is 0 Å². The Balaban J connectivity index is 2.80. The smallest absolute Gasteiger partial charge is 0.323 e. The molecule has 0 aliphatic heterocycles. The van der Waals surface area contributed by atoms with Gasteiger partial charge in [0, 0.05) is 5.69 Å². The molecule has 0 unspecified atom stereocenters. The molecule has 0 aliphatic rings. The molecule has 6 nitrogen and oxygen atoms in total. The Kier molecular flexibility index (Phi) is 5.42. The molecule has 6 heteroatoms. The van der Waals surface area contributed by atoms with Crippen LogP contribution in [0.15, 0.2) is 18.2 Å². The topological polar surface area (TPSA) is 78.9 Å². The van der Waals surface area contributed by atoms with Gasteiger partial charge >= 0.3 is 12.0 Å². The van der Waals surface area contributed by atoms with Crippen molar-refractivity contribution in [2.75, 3.05) is 25.5 Å². The van der Waals surface area contributed by atoms with E-state index >= 15 is 0 Å². The number of carboxylic acids is 1. The van der Waals surface area contributed by atoms with Crippen molar-refractivity contribution in [3.63, 3.8) is 0 Å². The van der Waals surface area contributed by atoms with Gasteiger partial charge in [-0.3, -0.25) is 4.79 Å². The molecular weight excluding hydrogens is 260 g/mol. The number of aryl methyl sites for hydroxylation is 1. The van der Waals surface area contributed by atoms with Crippen molar-refractivity contribution in [3.8, 4) is 18.1 Å². The maximum Gasteiger partial charge on any atom is 0.323 e. The van der Waals surface area contributed by atoms with E-state index in [1.165, 1.54) is 0 Å². The number of carbonyl (C=O) groups is 2. The van der Waals surface area contributed by atoms with Crippen LogP contribution in [0.5, 0.6) is 5.75 Å². The molecule has 1 aromatic carbocycles. The fraction of sp³-hybridized carbons (Fsp3) is 0.286. The molecule has 20 heavy (non-hydrogen) atoms. The highest BCUT2D eigenvalue weighted by Crippen LogP contribution is 2.21. The minimum atomic E-state index is -1.12. The number of carboxylic acid groups (broad SMARTS) is 1. The van der Waals surface area contributed by atoms with E-state index in [0.717, 1.165) is 10.5 Å². The van der Waals surface area contributed by atoms with Crippen LogP contribution in [0.1, 0.15) is 5.56 Å². The van der Waals surface area contributed by atoms with Gasteiger partial charge < -0.3 is 20.1 Å². The predicted molar refractivity (Wildman–Crippen MR) is 74.8 cm³/mol. The standard InChI is InChI=1S/C14H16N2O4/c1-4-7-16(9-13(17)18)14(19)15-11-5-6-12(20-3)10(2)8-11/h1,5-6,8H,7,9H2,2-3H3,(H,15,19)(H,17,18). The molecule has 0 radical (unpaired) electrons. The third kappa shape index (κ3) is 4.21. The van der Waals surface area contributed by atoms with Gasteiger partial charge in [0.25, 0.3) is 0 Å². The summed E-state index contributed by atoms with van der Waals surface area (Å²) in [6.45, 7) is 1.31. The number of aliphatic carboxylic acids is 1. The van der Waals surface area contributed by atoms with Crippen LogP contribution in [0.3, 0.4) is 0 Å². The van der Waals surface area contributed by atoms with Crippen LogP contribution < -0.4 is 10.1 Å². The summed E-state index contributed by atoms with van der Waals surface area (Å²) >= 11 is 0. The third-order valence-electron chi connectivity index (χ3n) is 2.54. The number of hydrogen-bond donors (Lipinski definition) is 2. The highest BCUT2D eigenvalue weighted by atomic mass is 16.5. The van der Waals surface area contributed by atoms with E-state index in [1.54, 1.807) is 25.3 Å². The van der Waals surface area contributed by atoms with E-state index in [0.29, 0.717) is 11.4 Å². The number of nitrogens with zero attached hydrogens (tertiary/aromatic N) is 1. The van der Waals surface area contributed by atoms with Crippen molar-refractivity contribution in [1.82, 2.24) is 4.90 Å². The summed E-state index contributed by atoms with van der Waals surface area (Å²) in [5.74, 6) is 1.83. The second-order valence-electron chi connectivity index (χ2n) is 4.07. The number of nitrogens with one attached hydrogen (secondary N) is 1. The molecule has 0 saturated heterocycles. The van der Waals surface area contributed by atoms with Crippen molar-refractivity contribution in [1.29, 1.82) is 0 Å². The maximum absolute atomic E-state index is 11.9. The molecule has 0 heterocycles. The lowest BCUT2D eigenvalue weighted by Gasteiger charge is -2.19. The Morgan fingerprint density at radius 2 is 2.20 bits per heavy atom. The zero-order chi connectivity index (χ0) is 15.1. The lowest BCUT2D eigenvalue weighted by molar-refractivity contribution is -0.137. The van der Waals surface area contributed by atoms with Crippen LogP contribution in [0, 0.1) is 19.3 Å². The highest BCUT2D eigenvalue weighted by Gasteiger charge is 2.16. The molecular formula is C14H16N2O4. The molecule has 0 atom stereocenters. The van der Waals surface area contributed by atoms with E-state index in [9.17, 15) is 9.59 Å². The van der Waals surface area contributed by atoms with E-state index in [2.05, 4.69) is 11.2 Å². The number of ether oxygens (including phenoxy) is 1. The number of methoxy groups -OCH3 is 1. The molecule has 0 aromatic heterocycles. The summed E-state index contributed by atoms with van der Waals surface area (Å²) < 4.78 is 5.12. The number of urea groups is 1. The van der Waals surface area contributed by atoms with E-state index < -0.39 is 18.5 Å². The van der Waals surface area contributed by atoms with Gasteiger partial charge in [-0.1, -0.05) is 5.92 Å². The largest absolute Gasteiger partial charge is 0.496 e. The van der Waals surface area contributed by atoms with E-state index in [1.807, 2.05) is 6.92 Å². The van der Waals surface area contributed by atoms with Gasteiger partial charge in [-0.15, -0.1) is 6.42 Å². The Morgan fingerprint density at radius 1 is 1.50 bits per heavy atom. The molecule has 0 saturated carbocycles. The number of anilines is 1. The average Bonchev–Trinajstić information content (AvgIpc) is 2.38. The molecule has 1 aromatic rings. The SMILES string of the molecule is C#CCN(CC(=O)O)C(=O)Nc1ccc(OC)c(C)c1. The van der Waals surface area contributed by atoms with Gasteiger partial charge in [-0.25, -0.2) is 4.79 Å². The number of terminal acetylenes is 1. The molecule has 106 valence electrons. The Hall–Kier alpha value is -2.68. The first-order valence-electron chi connectivity index (χ1n) is 5.83. The summed E-state index contributed by atoms with van der Waals surface area (Å²) in [7, 11) is 1.56. The molecule has 0 bridgehead atoms. The van der Waals surface area contributed by atoms with Crippen molar-refractivity contribution >= 4 is 17.7 Å². The minimum Gasteiger partial charge on any atom is -0.496 e. The fourth-order valence-electron chi connectivity index (χ4n) is 1.63. The zero-order valence-electron chi connectivity index (χ0n) is 11.3. The average molecular weight is 276 g/mol. The van der Waals surface area contributed by atoms with Gasteiger partial charge in [0.15, 0.2) is 0 Å². The third-order valence-corrected chi connectivity index (χ3v) is 2.54. The van der Waals surface area contributed by atoms with E-state index in [4.69, 9.17) is 16.3 Å². The Morgan fingerprint density at radius 3 is 2.70 bits per heavy atom. The number of carbonyl (C=O) groups excluding carboxylic acids is 1. The molecule has 2 N–H and O–H groups in total. The normalized spacial score (nSPS) is 9.45. The summed E-state index contributed by atoms with van der Waals surface area (Å²) in [4.78, 5) is 23.6. The summed E-state index contributed by atoms with van der Waals surface area (Å²) in [6, 6.07) is 4.55. The quantitative estimate of drug-likeness (QED) is 0.800. The van der Waals surface area contributed by atoms with Crippen molar-refractivity contribution in [3.05, 3.63) is 23.8 Å². The van der Waals surface area contributed by atoms with Crippen molar-refractivity contribution < 1.29 is 19.4 Å². The lowest BCUT2D eigenvalue weighted by atomic mass is 10.2. The maximum atomic E-state index is 11.9. The zero-order valence-corrected chi connectivity index (χ0v) is 11.3. The highest BCUT2D eigenvalue weighted by molar-refractivity contribution is 5.91. The van der Waals surface area contributed by atoms with Crippen LogP contribution in [-0.4, -0.2) is 42.2 Å². The summed E-state index contributed by atoms with van der Waals surface area (Å²) in [6.07, 6.45) is 5.12. The summed E-state index contributed by atoms with van der Waals surface area (Å²) in [5.41, 5.74) is 1.40. The number of rotatable bonds is 5. The molecule has 0 fully saturated rings. The predicted octanol–water partition coefficient (Wildman–Crippen LogP) is 1.56. The monoisotopic (exact) mass is 276 g/mol. The fourth-order valence-corrected chi connectivity index (χ4v) is 1.63. The summed E-state index contributed by atoms with van der Waals surface area (Å²) in [5, 5.41) is 11.3. The lowest BCUT2D eigenvalue weighted by Crippen LogP contribution is -2.39. The van der Waals surface area contributed by atoms with Crippen LogP contribution in [0.2, 0.25) is 0 Å². The van der Waals surface area contributed by atoms with Gasteiger partial charge in [0.05, 0.1) is 13.7 Å². The molecule has 2 amide bonds. The van der Waals surface area contributed by atoms with Gasteiger partial charge in [0.2, 0.25) is 0 Å². The second kappa shape index (κ2) is 7.04. The van der Waals surface area contributed by atoms with Crippen LogP contribution in [-0.2, 0) is 4.79 Å². The molecule has 0 spiro atoms. The molecule has 1 rings (SSSR count). The minimum absolute atomic E-state index is 0.0761. The first-order chi connectivity index (χ1) is 9.47. The Labute approximate surface area is 117 Å². The van der Waals surface area contributed by atoms with Gasteiger partial charge in [-0.05, 0) is 30.7 Å². The number of benzene rings is 1. The van der Waals surface area contributed by atoms with Crippen LogP contribution >= 0.6 is 0 Å². The van der Waals surface area contributed by atoms with Crippen LogP contribution in [0.4, 0.5) is 10.5 Å². The second-order valence-corrected chi connectivity index (χ2v) is 4.07. The molecule has 0 aliphatic carbocycles. The van der Waals surface area contributed by atoms with Crippen molar-refractivity contribution in [2.45, 2.75) is 6.92 Å². The van der Waals surface area contributed by atoms with E-state index in [-0.39, 0.29) is 6.54 Å². The Bertz CT molecular complexity index is 549. The first kappa shape index (κ1) is 15.4. The van der Waals surface area contributed by atoms with Crippen molar-refractivity contribution in [2.24, 2.45) is 0 Å². The van der Waals surface area contributed by atoms with Gasteiger partial charge in [0.1, 0.15) is 12.3 Å². The number of amides is 2. The number of hydrogen-bond acceptors (Lipinski definition) is 3. The first-order valence-corrected chi connectivity index (χ1v) is 5.83.